The van der Waals surface area contributed by atoms with Crippen LogP contribution in [0.2, 0.25) is 0 Å². The molecule has 0 radical (unpaired) electrons. The van der Waals surface area contributed by atoms with E-state index in [0.29, 0.717) is 16.9 Å². The van der Waals surface area contributed by atoms with Crippen molar-refractivity contribution in [2.24, 2.45) is 16.6 Å². The van der Waals surface area contributed by atoms with Crippen molar-refractivity contribution >= 4 is 0 Å². The molecule has 0 aromatic heterocycles. The summed E-state index contributed by atoms with van der Waals surface area (Å²) in [5, 5.41) is 0. The Morgan fingerprint density at radius 2 is 1.69 bits per heavy atom. The van der Waals surface area contributed by atoms with Gasteiger partial charge < -0.3 is 5.73 Å². The number of rotatable bonds is 0. The van der Waals surface area contributed by atoms with Gasteiger partial charge in [-0.2, -0.15) is 0 Å². The largest absolute Gasteiger partial charge is 0.328 e. The van der Waals surface area contributed by atoms with E-state index in [0.717, 1.165) is 0 Å². The molecule has 13 heavy (non-hydrogen) atoms. The first-order chi connectivity index (χ1) is 5.81. The molecule has 0 aromatic carbocycles. The highest BCUT2D eigenvalue weighted by molar-refractivity contribution is 4.85. The van der Waals surface area contributed by atoms with Crippen molar-refractivity contribution in [1.29, 1.82) is 0 Å². The summed E-state index contributed by atoms with van der Waals surface area (Å²) in [5.41, 5.74) is 7.02. The monoisotopic (exact) mass is 183 g/mol. The average molecular weight is 183 g/mol. The molecule has 1 nitrogen and oxygen atoms in total. The smallest absolute Gasteiger partial charge is 0.00439 e. The molecule has 0 aliphatic heterocycles. The minimum atomic E-state index is 0.434. The van der Waals surface area contributed by atoms with Crippen molar-refractivity contribution in [3.63, 3.8) is 0 Å². The van der Waals surface area contributed by atoms with Crippen LogP contribution in [0.25, 0.3) is 0 Å². The highest BCUT2D eigenvalue weighted by Crippen LogP contribution is 2.42. The minimum absolute atomic E-state index is 0.434. The van der Waals surface area contributed by atoms with Crippen LogP contribution < -0.4 is 5.73 Å². The second-order valence-corrected chi connectivity index (χ2v) is 6.36. The van der Waals surface area contributed by atoms with Gasteiger partial charge in [-0.15, -0.1) is 0 Å². The molecule has 1 fully saturated rings. The Bertz CT molecular complexity index is 170. The second-order valence-electron chi connectivity index (χ2n) is 6.36. The van der Waals surface area contributed by atoms with Gasteiger partial charge in [0, 0.05) is 6.04 Å². The summed E-state index contributed by atoms with van der Waals surface area (Å²) in [6, 6.07) is 0.436. The molecule has 1 heteroatoms. The predicted octanol–water partition coefficient (Wildman–Crippen LogP) is 3.33. The van der Waals surface area contributed by atoms with Crippen LogP contribution in [-0.2, 0) is 0 Å². The fourth-order valence-electron chi connectivity index (χ4n) is 3.11. The molecule has 0 spiro atoms. The lowest BCUT2D eigenvalue weighted by atomic mass is 9.68. The quantitative estimate of drug-likeness (QED) is 0.612. The Labute approximate surface area is 83.1 Å². The molecule has 78 valence electrons. The molecule has 1 rings (SSSR count). The molecule has 1 aliphatic carbocycles. The second kappa shape index (κ2) is 3.61. The van der Waals surface area contributed by atoms with Gasteiger partial charge in [0.2, 0.25) is 0 Å². The van der Waals surface area contributed by atoms with Crippen LogP contribution in [0, 0.1) is 10.8 Å². The van der Waals surface area contributed by atoms with Gasteiger partial charge in [-0.05, 0) is 36.5 Å². The van der Waals surface area contributed by atoms with Crippen LogP contribution in [-0.4, -0.2) is 6.04 Å². The van der Waals surface area contributed by atoms with Crippen LogP contribution in [0.1, 0.15) is 59.8 Å². The van der Waals surface area contributed by atoms with Crippen LogP contribution >= 0.6 is 0 Å². The van der Waals surface area contributed by atoms with E-state index in [-0.39, 0.29) is 0 Å². The van der Waals surface area contributed by atoms with Gasteiger partial charge in [0.25, 0.3) is 0 Å². The van der Waals surface area contributed by atoms with Crippen molar-refractivity contribution < 1.29 is 0 Å². The third-order valence-corrected chi connectivity index (χ3v) is 3.20. The van der Waals surface area contributed by atoms with Gasteiger partial charge >= 0.3 is 0 Å². The van der Waals surface area contributed by atoms with Crippen LogP contribution in [0.5, 0.6) is 0 Å². The van der Waals surface area contributed by atoms with Gasteiger partial charge in [-0.25, -0.2) is 0 Å². The summed E-state index contributed by atoms with van der Waals surface area (Å²) >= 11 is 0. The van der Waals surface area contributed by atoms with E-state index in [1.54, 1.807) is 0 Å². The zero-order chi connectivity index (χ0) is 10.1. The highest BCUT2D eigenvalue weighted by Gasteiger charge is 2.31. The Kier molecular flexibility index (Phi) is 3.06. The molecule has 0 amide bonds. The van der Waals surface area contributed by atoms with Crippen LogP contribution in [0.3, 0.4) is 0 Å². The number of hydrogen-bond acceptors (Lipinski definition) is 1. The summed E-state index contributed by atoms with van der Waals surface area (Å²) in [6.07, 6.45) is 6.37. The topological polar surface area (TPSA) is 26.0 Å². The van der Waals surface area contributed by atoms with E-state index in [2.05, 4.69) is 27.7 Å². The fourth-order valence-corrected chi connectivity index (χ4v) is 3.11. The highest BCUT2D eigenvalue weighted by atomic mass is 14.6. The maximum Gasteiger partial charge on any atom is 0.00439 e. The Hall–Kier alpha value is -0.0400. The number of nitrogens with two attached hydrogens (primary N) is 1. The van der Waals surface area contributed by atoms with Gasteiger partial charge in [-0.3, -0.25) is 0 Å². The van der Waals surface area contributed by atoms with Gasteiger partial charge in [0.1, 0.15) is 0 Å². The normalized spacial score (nSPS) is 33.5. The molecule has 1 saturated carbocycles. The first-order valence-electron chi connectivity index (χ1n) is 5.56. The first kappa shape index (κ1) is 11.0. The Morgan fingerprint density at radius 1 is 1.08 bits per heavy atom. The van der Waals surface area contributed by atoms with Gasteiger partial charge in [0.05, 0.1) is 0 Å². The molecule has 0 aromatic rings. The molecule has 0 heterocycles. The van der Waals surface area contributed by atoms with Crippen molar-refractivity contribution in [1.82, 2.24) is 0 Å². The van der Waals surface area contributed by atoms with E-state index < -0.39 is 0 Å². The molecular formula is C12H25N. The van der Waals surface area contributed by atoms with E-state index in [4.69, 9.17) is 5.73 Å². The summed E-state index contributed by atoms with van der Waals surface area (Å²) in [6.45, 7) is 9.51. The summed E-state index contributed by atoms with van der Waals surface area (Å²) in [7, 11) is 0. The van der Waals surface area contributed by atoms with E-state index in [9.17, 15) is 0 Å². The Balaban J connectivity index is 2.65. The average Bonchev–Trinajstić information content (AvgIpc) is 1.78. The zero-order valence-corrected chi connectivity index (χ0v) is 9.69. The predicted molar refractivity (Wildman–Crippen MR) is 58.6 cm³/mol. The zero-order valence-electron chi connectivity index (χ0n) is 9.69. The van der Waals surface area contributed by atoms with Crippen molar-refractivity contribution in [3.05, 3.63) is 0 Å². The van der Waals surface area contributed by atoms with E-state index >= 15 is 0 Å². The summed E-state index contributed by atoms with van der Waals surface area (Å²) < 4.78 is 0. The molecule has 1 atom stereocenters. The summed E-state index contributed by atoms with van der Waals surface area (Å²) in [5.74, 6) is 0. The fraction of sp³-hybridized carbons (Fsp3) is 1.00. The maximum atomic E-state index is 6.07. The molecule has 1 aliphatic rings. The van der Waals surface area contributed by atoms with Gasteiger partial charge in [0.15, 0.2) is 0 Å². The first-order valence-corrected chi connectivity index (χ1v) is 5.56. The van der Waals surface area contributed by atoms with Crippen LogP contribution in [0.15, 0.2) is 0 Å². The third-order valence-electron chi connectivity index (χ3n) is 3.20. The van der Waals surface area contributed by atoms with Crippen molar-refractivity contribution in [2.75, 3.05) is 0 Å². The lowest BCUT2D eigenvalue weighted by Gasteiger charge is -2.39. The molecule has 0 bridgehead atoms. The summed E-state index contributed by atoms with van der Waals surface area (Å²) in [4.78, 5) is 0. The standard InChI is InChI=1S/C12H25N/c1-11(2)7-5-6-10(13)8-12(3,4)9-11/h10H,5-9,13H2,1-4H3. The van der Waals surface area contributed by atoms with E-state index in [1.807, 2.05) is 0 Å². The molecule has 2 N–H and O–H groups in total. The third kappa shape index (κ3) is 3.68. The molecular weight excluding hydrogens is 158 g/mol. The Morgan fingerprint density at radius 3 is 2.31 bits per heavy atom. The van der Waals surface area contributed by atoms with Gasteiger partial charge in [-0.1, -0.05) is 34.1 Å². The van der Waals surface area contributed by atoms with Crippen LogP contribution in [0.4, 0.5) is 0 Å². The van der Waals surface area contributed by atoms with Crippen molar-refractivity contribution in [3.8, 4) is 0 Å². The maximum absolute atomic E-state index is 6.07. The van der Waals surface area contributed by atoms with E-state index in [1.165, 1.54) is 32.1 Å². The number of hydrogen-bond donors (Lipinski definition) is 1. The molecule has 1 unspecified atom stereocenters. The lowest BCUT2D eigenvalue weighted by Crippen LogP contribution is -2.34. The lowest BCUT2D eigenvalue weighted by molar-refractivity contribution is 0.138. The van der Waals surface area contributed by atoms with Crippen molar-refractivity contribution in [2.45, 2.75) is 65.8 Å². The minimum Gasteiger partial charge on any atom is -0.328 e. The molecule has 0 saturated heterocycles. The SMILES string of the molecule is CC1(C)CCCC(N)CC(C)(C)C1.